The van der Waals surface area contributed by atoms with Gasteiger partial charge in [-0.1, -0.05) is 59.1 Å². The van der Waals surface area contributed by atoms with E-state index in [4.69, 9.17) is 34.8 Å². The van der Waals surface area contributed by atoms with Gasteiger partial charge >= 0.3 is 0 Å². The number of amides is 1. The van der Waals surface area contributed by atoms with Crippen LogP contribution >= 0.6 is 34.8 Å². The summed E-state index contributed by atoms with van der Waals surface area (Å²) in [6, 6.07) is 12.7. The second kappa shape index (κ2) is 7.31. The maximum atomic E-state index is 13.1. The number of allylic oxidation sites excluding steroid dienone is 2. The SMILES string of the molecule is O=C1CC(c2ccc(Cl)cc2Cl)C2=C(CC(c3ccccc3Cl)CC2=O)N1. The van der Waals surface area contributed by atoms with Gasteiger partial charge in [0, 0.05) is 45.1 Å². The number of Topliss-reactive ketones (excluding diaryl/α,β-unsaturated/α-hetero) is 1. The van der Waals surface area contributed by atoms with Gasteiger partial charge in [0.05, 0.1) is 0 Å². The third-order valence-corrected chi connectivity index (χ3v) is 6.13. The van der Waals surface area contributed by atoms with Crippen LogP contribution in [-0.2, 0) is 9.59 Å². The molecule has 0 saturated carbocycles. The van der Waals surface area contributed by atoms with Crippen LogP contribution in [0.3, 0.4) is 0 Å². The van der Waals surface area contributed by atoms with Crippen LogP contribution in [0.4, 0.5) is 0 Å². The summed E-state index contributed by atoms with van der Waals surface area (Å²) in [6.07, 6.45) is 1.13. The Kier molecular flexibility index (Phi) is 5.02. The van der Waals surface area contributed by atoms with Gasteiger partial charge in [-0.3, -0.25) is 9.59 Å². The van der Waals surface area contributed by atoms with Crippen LogP contribution in [0.15, 0.2) is 53.7 Å². The number of carbonyl (C=O) groups is 2. The average Bonchev–Trinajstić information content (AvgIpc) is 2.61. The smallest absolute Gasteiger partial charge is 0.225 e. The van der Waals surface area contributed by atoms with Gasteiger partial charge in [-0.2, -0.15) is 0 Å². The lowest BCUT2D eigenvalue weighted by Gasteiger charge is -2.35. The maximum absolute atomic E-state index is 13.1. The predicted molar refractivity (Wildman–Crippen MR) is 107 cm³/mol. The van der Waals surface area contributed by atoms with Gasteiger partial charge in [0.2, 0.25) is 5.91 Å². The van der Waals surface area contributed by atoms with E-state index in [0.717, 1.165) is 11.1 Å². The highest BCUT2D eigenvalue weighted by Crippen LogP contribution is 2.45. The van der Waals surface area contributed by atoms with Gasteiger partial charge in [0.25, 0.3) is 0 Å². The first-order valence-corrected chi connectivity index (χ1v) is 9.83. The first-order valence-electron chi connectivity index (χ1n) is 8.69. The third-order valence-electron chi connectivity index (χ3n) is 5.22. The van der Waals surface area contributed by atoms with Crippen LogP contribution < -0.4 is 5.32 Å². The first kappa shape index (κ1) is 18.5. The molecule has 0 fully saturated rings. The highest BCUT2D eigenvalue weighted by molar-refractivity contribution is 6.35. The molecule has 0 saturated heterocycles. The molecule has 1 amide bonds. The largest absolute Gasteiger partial charge is 0.329 e. The highest BCUT2D eigenvalue weighted by Gasteiger charge is 2.39. The van der Waals surface area contributed by atoms with E-state index >= 15 is 0 Å². The molecule has 0 bridgehead atoms. The van der Waals surface area contributed by atoms with Gasteiger partial charge < -0.3 is 5.32 Å². The van der Waals surface area contributed by atoms with Crippen molar-refractivity contribution in [3.63, 3.8) is 0 Å². The van der Waals surface area contributed by atoms with Crippen molar-refractivity contribution >= 4 is 46.5 Å². The molecule has 2 aliphatic rings. The lowest BCUT2D eigenvalue weighted by Crippen LogP contribution is -2.38. The molecule has 3 nitrogen and oxygen atoms in total. The number of halogens is 3. The zero-order chi connectivity index (χ0) is 19.1. The van der Waals surface area contributed by atoms with Crippen LogP contribution in [-0.4, -0.2) is 11.7 Å². The fourth-order valence-electron chi connectivity index (χ4n) is 4.04. The topological polar surface area (TPSA) is 46.2 Å². The molecule has 2 atom stereocenters. The Bertz CT molecular complexity index is 983. The standard InChI is InChI=1S/C21H16Cl3NO2/c22-12-5-6-14(17(24)9-12)15-10-20(27)25-18-7-11(8-19(26)21(15)18)13-3-1-2-4-16(13)23/h1-6,9,11,15H,7-8,10H2,(H,25,27). The summed E-state index contributed by atoms with van der Waals surface area (Å²) < 4.78 is 0. The predicted octanol–water partition coefficient (Wildman–Crippen LogP) is 5.65. The number of hydrogen-bond donors (Lipinski definition) is 1. The zero-order valence-electron chi connectivity index (χ0n) is 14.3. The minimum atomic E-state index is -0.349. The van der Waals surface area contributed by atoms with E-state index in [1.54, 1.807) is 18.2 Å². The van der Waals surface area contributed by atoms with Crippen molar-refractivity contribution in [3.8, 4) is 0 Å². The van der Waals surface area contributed by atoms with E-state index in [9.17, 15) is 9.59 Å². The monoisotopic (exact) mass is 419 g/mol. The summed E-state index contributed by atoms with van der Waals surface area (Å²) in [5.74, 6) is -0.488. The molecule has 2 aromatic carbocycles. The molecule has 27 heavy (non-hydrogen) atoms. The summed E-state index contributed by atoms with van der Waals surface area (Å²) in [4.78, 5) is 25.4. The number of rotatable bonds is 2. The number of ketones is 1. The van der Waals surface area contributed by atoms with Crippen LogP contribution in [0.25, 0.3) is 0 Å². The van der Waals surface area contributed by atoms with Crippen LogP contribution in [0.2, 0.25) is 15.1 Å². The van der Waals surface area contributed by atoms with Gasteiger partial charge in [0.1, 0.15) is 0 Å². The number of hydrogen-bond acceptors (Lipinski definition) is 2. The molecule has 6 heteroatoms. The van der Waals surface area contributed by atoms with Gasteiger partial charge in [-0.05, 0) is 41.7 Å². The molecule has 1 N–H and O–H groups in total. The van der Waals surface area contributed by atoms with Crippen LogP contribution in [0.5, 0.6) is 0 Å². The molecule has 0 radical (unpaired) electrons. The van der Waals surface area contributed by atoms with E-state index < -0.39 is 0 Å². The van der Waals surface area contributed by atoms with Crippen molar-refractivity contribution in [2.75, 3.05) is 0 Å². The Morgan fingerprint density at radius 3 is 2.37 bits per heavy atom. The second-order valence-electron chi connectivity index (χ2n) is 6.91. The first-order chi connectivity index (χ1) is 12.9. The van der Waals surface area contributed by atoms with Crippen molar-refractivity contribution in [2.24, 2.45) is 0 Å². The molecule has 0 spiro atoms. The number of benzene rings is 2. The Hall–Kier alpha value is -1.81. The van der Waals surface area contributed by atoms with E-state index in [1.807, 2.05) is 24.3 Å². The minimum Gasteiger partial charge on any atom is -0.329 e. The fraction of sp³-hybridized carbons (Fsp3) is 0.238. The summed E-state index contributed by atoms with van der Waals surface area (Å²) in [5, 5.41) is 4.53. The van der Waals surface area contributed by atoms with E-state index in [2.05, 4.69) is 5.32 Å². The molecule has 4 rings (SSSR count). The normalized spacial score (nSPS) is 22.5. The molecule has 1 aliphatic carbocycles. The third kappa shape index (κ3) is 3.52. The molecule has 138 valence electrons. The lowest BCUT2D eigenvalue weighted by atomic mass is 9.73. The summed E-state index contributed by atoms with van der Waals surface area (Å²) in [7, 11) is 0. The summed E-state index contributed by atoms with van der Waals surface area (Å²) in [6.45, 7) is 0. The van der Waals surface area contributed by atoms with Gasteiger partial charge in [-0.15, -0.1) is 0 Å². The van der Waals surface area contributed by atoms with Crippen molar-refractivity contribution in [1.82, 2.24) is 5.32 Å². The highest BCUT2D eigenvalue weighted by atomic mass is 35.5. The Morgan fingerprint density at radius 2 is 1.63 bits per heavy atom. The summed E-state index contributed by atoms with van der Waals surface area (Å²) >= 11 is 18.7. The molecule has 1 heterocycles. The van der Waals surface area contributed by atoms with E-state index in [1.165, 1.54) is 0 Å². The van der Waals surface area contributed by atoms with Gasteiger partial charge in [-0.25, -0.2) is 0 Å². The molecule has 0 aromatic heterocycles. The van der Waals surface area contributed by atoms with E-state index in [-0.39, 0.29) is 29.9 Å². The number of carbonyl (C=O) groups excluding carboxylic acids is 2. The van der Waals surface area contributed by atoms with E-state index in [0.29, 0.717) is 39.2 Å². The van der Waals surface area contributed by atoms with Crippen LogP contribution in [0, 0.1) is 0 Å². The van der Waals surface area contributed by atoms with Gasteiger partial charge in [0.15, 0.2) is 5.78 Å². The molecule has 2 aromatic rings. The molecule has 2 unspecified atom stereocenters. The van der Waals surface area contributed by atoms with Crippen LogP contribution in [0.1, 0.15) is 42.2 Å². The van der Waals surface area contributed by atoms with Crippen molar-refractivity contribution in [3.05, 3.63) is 79.9 Å². The summed E-state index contributed by atoms with van der Waals surface area (Å²) in [5.41, 5.74) is 3.03. The fourth-order valence-corrected chi connectivity index (χ4v) is 4.87. The molecular formula is C21H16Cl3NO2. The molecular weight excluding hydrogens is 405 g/mol. The van der Waals surface area contributed by atoms with Crippen molar-refractivity contribution in [2.45, 2.75) is 31.1 Å². The Balaban J connectivity index is 1.75. The average molecular weight is 421 g/mol. The number of nitrogens with one attached hydrogen (secondary N) is 1. The Labute approximate surface area is 172 Å². The quantitative estimate of drug-likeness (QED) is 0.682. The second-order valence-corrected chi connectivity index (χ2v) is 8.16. The van der Waals surface area contributed by atoms with Crippen molar-refractivity contribution < 1.29 is 9.59 Å². The maximum Gasteiger partial charge on any atom is 0.225 e. The lowest BCUT2D eigenvalue weighted by molar-refractivity contribution is -0.122. The zero-order valence-corrected chi connectivity index (χ0v) is 16.5. The minimum absolute atomic E-state index is 0.0252. The Morgan fingerprint density at radius 1 is 0.852 bits per heavy atom. The molecule has 1 aliphatic heterocycles. The van der Waals surface area contributed by atoms with Crippen molar-refractivity contribution in [1.29, 1.82) is 0 Å².